The summed E-state index contributed by atoms with van der Waals surface area (Å²) in [5, 5.41) is 10.2. The van der Waals surface area contributed by atoms with Crippen molar-refractivity contribution in [1.82, 2.24) is 0 Å². The lowest BCUT2D eigenvalue weighted by molar-refractivity contribution is -0.159. The molecule has 3 aromatic rings. The van der Waals surface area contributed by atoms with E-state index in [9.17, 15) is 9.59 Å². The topological polar surface area (TPSA) is 72.8 Å². The molecule has 0 fully saturated rings. The monoisotopic (exact) mass is 386 g/mol. The van der Waals surface area contributed by atoms with Crippen molar-refractivity contribution >= 4 is 37.5 Å². The summed E-state index contributed by atoms with van der Waals surface area (Å²) in [7, 11) is 0. The van der Waals surface area contributed by atoms with E-state index in [4.69, 9.17) is 14.6 Å². The lowest BCUT2D eigenvalue weighted by atomic mass is 10.0. The van der Waals surface area contributed by atoms with Gasteiger partial charge in [0.15, 0.2) is 12.0 Å². The molecule has 0 amide bonds. The minimum atomic E-state index is -0.657. The summed E-state index contributed by atoms with van der Waals surface area (Å²) in [5.74, 6) is -0.0334. The largest absolute Gasteiger partial charge is 0.482 e. The molecule has 6 heteroatoms. The SMILES string of the molecule is CC(C)(CCCO)OC(=O)COc1ccc2sc3ccccc3c(=O)c2c1. The average Bonchev–Trinajstić information content (AvgIpc) is 2.65. The molecule has 27 heavy (non-hydrogen) atoms. The molecule has 0 saturated carbocycles. The van der Waals surface area contributed by atoms with Gasteiger partial charge in [0.05, 0.1) is 0 Å². The van der Waals surface area contributed by atoms with Gasteiger partial charge in [0, 0.05) is 26.8 Å². The van der Waals surface area contributed by atoms with Gasteiger partial charge >= 0.3 is 5.97 Å². The molecule has 0 aliphatic carbocycles. The fraction of sp³-hybridized carbons (Fsp3) is 0.333. The molecule has 142 valence electrons. The number of esters is 1. The average molecular weight is 386 g/mol. The minimum Gasteiger partial charge on any atom is -0.482 e. The summed E-state index contributed by atoms with van der Waals surface area (Å²) in [6.07, 6.45) is 1.13. The Morgan fingerprint density at radius 2 is 1.85 bits per heavy atom. The van der Waals surface area contributed by atoms with Crippen molar-refractivity contribution in [2.24, 2.45) is 0 Å². The lowest BCUT2D eigenvalue weighted by Crippen LogP contribution is -2.31. The Hall–Kier alpha value is -2.44. The maximum absolute atomic E-state index is 12.7. The van der Waals surface area contributed by atoms with Crippen LogP contribution in [0, 0.1) is 0 Å². The minimum absolute atomic E-state index is 0.0440. The summed E-state index contributed by atoms with van der Waals surface area (Å²) in [6.45, 7) is 3.42. The van der Waals surface area contributed by atoms with Gasteiger partial charge in [0.25, 0.3) is 0 Å². The van der Waals surface area contributed by atoms with Crippen molar-refractivity contribution in [3.63, 3.8) is 0 Å². The number of aliphatic hydroxyl groups excluding tert-OH is 1. The number of hydrogen-bond donors (Lipinski definition) is 1. The van der Waals surface area contributed by atoms with Crippen molar-refractivity contribution < 1.29 is 19.4 Å². The van der Waals surface area contributed by atoms with Crippen LogP contribution in [0.2, 0.25) is 0 Å². The van der Waals surface area contributed by atoms with E-state index >= 15 is 0 Å². The van der Waals surface area contributed by atoms with Gasteiger partial charge in [-0.05, 0) is 57.0 Å². The smallest absolute Gasteiger partial charge is 0.344 e. The Kier molecular flexibility index (Phi) is 5.77. The third-order valence-corrected chi connectivity index (χ3v) is 5.38. The number of aliphatic hydroxyl groups is 1. The molecule has 2 aromatic carbocycles. The second-order valence-electron chi connectivity index (χ2n) is 6.93. The van der Waals surface area contributed by atoms with Crippen LogP contribution in [0.4, 0.5) is 0 Å². The number of benzene rings is 2. The van der Waals surface area contributed by atoms with Gasteiger partial charge in [-0.3, -0.25) is 4.79 Å². The molecule has 0 spiro atoms. The van der Waals surface area contributed by atoms with Crippen molar-refractivity contribution in [2.45, 2.75) is 32.3 Å². The maximum atomic E-state index is 12.7. The first kappa shape index (κ1) is 19.3. The van der Waals surface area contributed by atoms with Crippen molar-refractivity contribution in [1.29, 1.82) is 0 Å². The van der Waals surface area contributed by atoms with Crippen LogP contribution in [0.1, 0.15) is 26.7 Å². The number of ether oxygens (including phenoxy) is 2. The standard InChI is InChI=1S/C21H22O5S/c1-21(2,10-5-11-22)26-19(23)13-25-14-8-9-18-16(12-14)20(24)15-6-3-4-7-17(15)27-18/h3-4,6-9,12,22H,5,10-11,13H2,1-2H3. The molecule has 0 atom stereocenters. The molecule has 3 rings (SSSR count). The number of carbonyl (C=O) groups excluding carboxylic acids is 1. The summed E-state index contributed by atoms with van der Waals surface area (Å²) in [5.41, 5.74) is -0.701. The zero-order chi connectivity index (χ0) is 19.4. The van der Waals surface area contributed by atoms with Gasteiger partial charge in [-0.1, -0.05) is 12.1 Å². The van der Waals surface area contributed by atoms with E-state index in [1.807, 2.05) is 30.3 Å². The Labute approximate surface area is 161 Å². The predicted octanol–water partition coefficient (Wildman–Crippen LogP) is 3.89. The van der Waals surface area contributed by atoms with Crippen LogP contribution in [0.3, 0.4) is 0 Å². The van der Waals surface area contributed by atoms with Gasteiger partial charge in [0.2, 0.25) is 0 Å². The first-order valence-corrected chi connectivity index (χ1v) is 9.62. The number of rotatable bonds is 7. The van der Waals surface area contributed by atoms with Crippen LogP contribution < -0.4 is 10.2 Å². The summed E-state index contributed by atoms with van der Waals surface area (Å²) < 4.78 is 12.7. The van der Waals surface area contributed by atoms with E-state index in [1.165, 1.54) is 0 Å². The van der Waals surface area contributed by atoms with Crippen LogP contribution in [0.15, 0.2) is 47.3 Å². The van der Waals surface area contributed by atoms with E-state index in [-0.39, 0.29) is 18.6 Å². The molecule has 0 unspecified atom stereocenters. The highest BCUT2D eigenvalue weighted by Gasteiger charge is 2.22. The molecule has 1 aromatic heterocycles. The van der Waals surface area contributed by atoms with Gasteiger partial charge < -0.3 is 14.6 Å². The third kappa shape index (κ3) is 4.64. The molecule has 0 saturated heterocycles. The third-order valence-electron chi connectivity index (χ3n) is 4.23. The Morgan fingerprint density at radius 3 is 2.63 bits per heavy atom. The maximum Gasteiger partial charge on any atom is 0.344 e. The van der Waals surface area contributed by atoms with Gasteiger partial charge in [0.1, 0.15) is 11.4 Å². The van der Waals surface area contributed by atoms with Gasteiger partial charge in [-0.15, -0.1) is 11.3 Å². The summed E-state index contributed by atoms with van der Waals surface area (Å²) >= 11 is 1.55. The first-order valence-electron chi connectivity index (χ1n) is 8.81. The molecular formula is C21H22O5S. The molecule has 5 nitrogen and oxygen atoms in total. The van der Waals surface area contributed by atoms with Crippen LogP contribution in [0.5, 0.6) is 5.75 Å². The number of hydrogen-bond acceptors (Lipinski definition) is 6. The van der Waals surface area contributed by atoms with Gasteiger partial charge in [-0.25, -0.2) is 4.79 Å². The molecule has 1 heterocycles. The quantitative estimate of drug-likeness (QED) is 0.493. The van der Waals surface area contributed by atoms with E-state index in [0.717, 1.165) is 9.40 Å². The van der Waals surface area contributed by atoms with Crippen molar-refractivity contribution in [2.75, 3.05) is 13.2 Å². The summed E-state index contributed by atoms with van der Waals surface area (Å²) in [6, 6.07) is 12.8. The zero-order valence-electron chi connectivity index (χ0n) is 15.4. The van der Waals surface area contributed by atoms with Crippen molar-refractivity contribution in [3.05, 3.63) is 52.7 Å². The Morgan fingerprint density at radius 1 is 1.11 bits per heavy atom. The highest BCUT2D eigenvalue weighted by Crippen LogP contribution is 2.27. The van der Waals surface area contributed by atoms with E-state index in [1.54, 1.807) is 37.3 Å². The second kappa shape index (κ2) is 8.06. The van der Waals surface area contributed by atoms with Crippen LogP contribution in [0.25, 0.3) is 20.2 Å². The number of fused-ring (bicyclic) bond motifs is 2. The fourth-order valence-corrected chi connectivity index (χ4v) is 3.96. The normalized spacial score (nSPS) is 11.7. The van der Waals surface area contributed by atoms with E-state index in [2.05, 4.69) is 0 Å². The van der Waals surface area contributed by atoms with Gasteiger partial charge in [-0.2, -0.15) is 0 Å². The molecule has 0 bridgehead atoms. The van der Waals surface area contributed by atoms with Crippen molar-refractivity contribution in [3.8, 4) is 5.75 Å². The molecule has 1 N–H and O–H groups in total. The number of carbonyl (C=O) groups is 1. The van der Waals surface area contributed by atoms with Crippen LogP contribution in [-0.2, 0) is 9.53 Å². The highest BCUT2D eigenvalue weighted by molar-refractivity contribution is 7.24. The Balaban J connectivity index is 1.74. The van der Waals surface area contributed by atoms with E-state index in [0.29, 0.717) is 29.4 Å². The molecule has 0 radical (unpaired) electrons. The fourth-order valence-electron chi connectivity index (χ4n) is 2.91. The highest BCUT2D eigenvalue weighted by atomic mass is 32.1. The predicted molar refractivity (Wildman–Crippen MR) is 108 cm³/mol. The second-order valence-corrected chi connectivity index (χ2v) is 8.02. The summed E-state index contributed by atoms with van der Waals surface area (Å²) in [4.78, 5) is 24.7. The molecule has 0 aliphatic heterocycles. The lowest BCUT2D eigenvalue weighted by Gasteiger charge is -2.24. The first-order chi connectivity index (χ1) is 12.9. The Bertz CT molecular complexity index is 1020. The molecular weight excluding hydrogens is 364 g/mol. The molecule has 0 aliphatic rings. The van der Waals surface area contributed by atoms with E-state index < -0.39 is 11.6 Å². The van der Waals surface area contributed by atoms with Crippen LogP contribution in [-0.4, -0.2) is 29.9 Å². The zero-order valence-corrected chi connectivity index (χ0v) is 16.2. The van der Waals surface area contributed by atoms with Crippen LogP contribution >= 0.6 is 11.3 Å².